The first kappa shape index (κ1) is 12.2. The van der Waals surface area contributed by atoms with E-state index >= 15 is 0 Å². The maximum Gasteiger partial charge on any atom is 0.291 e. The van der Waals surface area contributed by atoms with Crippen LogP contribution in [0.25, 0.3) is 0 Å². The van der Waals surface area contributed by atoms with E-state index in [1.807, 2.05) is 32.9 Å². The number of furan rings is 1. The molecule has 4 heteroatoms. The normalized spacial score (nSPS) is 10.4. The second kappa shape index (κ2) is 4.56. The lowest BCUT2D eigenvalue weighted by Gasteiger charge is -2.12. The average Bonchev–Trinajstić information content (AvgIpc) is 2.69. The van der Waals surface area contributed by atoms with Gasteiger partial charge in [-0.2, -0.15) is 0 Å². The number of nitrogen functional groups attached to an aromatic ring is 1. The van der Waals surface area contributed by atoms with E-state index < -0.39 is 0 Å². The third kappa shape index (κ3) is 2.22. The molecule has 2 rings (SSSR count). The Kier molecular flexibility index (Phi) is 3.10. The predicted molar refractivity (Wildman–Crippen MR) is 71.7 cm³/mol. The minimum Gasteiger partial charge on any atom is -0.459 e. The number of hydrogen-bond donors (Lipinski definition) is 2. The van der Waals surface area contributed by atoms with Gasteiger partial charge in [-0.25, -0.2) is 0 Å². The first-order valence-corrected chi connectivity index (χ1v) is 5.71. The molecule has 0 unspecified atom stereocenters. The lowest BCUT2D eigenvalue weighted by molar-refractivity contribution is 0.0995. The predicted octanol–water partition coefficient (Wildman–Crippen LogP) is 3.04. The first-order chi connectivity index (χ1) is 8.49. The van der Waals surface area contributed by atoms with Crippen molar-refractivity contribution < 1.29 is 9.21 Å². The molecule has 0 spiro atoms. The van der Waals surface area contributed by atoms with Gasteiger partial charge in [0.2, 0.25) is 0 Å². The number of nitrogens with one attached hydrogen (secondary N) is 1. The number of amides is 1. The number of rotatable bonds is 2. The number of hydrogen-bond acceptors (Lipinski definition) is 3. The Morgan fingerprint density at radius 1 is 1.17 bits per heavy atom. The van der Waals surface area contributed by atoms with E-state index in [2.05, 4.69) is 5.32 Å². The summed E-state index contributed by atoms with van der Waals surface area (Å²) in [5.41, 5.74) is 9.91. The third-order valence-electron chi connectivity index (χ3n) is 2.86. The molecule has 0 atom stereocenters. The summed E-state index contributed by atoms with van der Waals surface area (Å²) in [6, 6.07) is 5.42. The van der Waals surface area contributed by atoms with Crippen molar-refractivity contribution in [3.05, 3.63) is 46.9 Å². The third-order valence-corrected chi connectivity index (χ3v) is 2.86. The van der Waals surface area contributed by atoms with Crippen LogP contribution in [0.5, 0.6) is 0 Å². The average molecular weight is 244 g/mol. The number of carbonyl (C=O) groups is 1. The molecule has 0 aliphatic rings. The molecule has 0 saturated heterocycles. The van der Waals surface area contributed by atoms with Crippen molar-refractivity contribution in [3.63, 3.8) is 0 Å². The SMILES string of the molecule is Cc1ccoc1C(=O)Nc1c(C)cc(N)cc1C. The van der Waals surface area contributed by atoms with E-state index in [-0.39, 0.29) is 5.91 Å². The van der Waals surface area contributed by atoms with E-state index in [1.54, 1.807) is 6.07 Å². The zero-order valence-electron chi connectivity index (χ0n) is 10.7. The zero-order valence-corrected chi connectivity index (χ0v) is 10.7. The van der Waals surface area contributed by atoms with Crippen molar-refractivity contribution in [2.24, 2.45) is 0 Å². The molecular weight excluding hydrogens is 228 g/mol. The van der Waals surface area contributed by atoms with Crippen molar-refractivity contribution in [3.8, 4) is 0 Å². The fourth-order valence-electron chi connectivity index (χ4n) is 1.97. The van der Waals surface area contributed by atoms with Crippen molar-refractivity contribution in [1.82, 2.24) is 0 Å². The summed E-state index contributed by atoms with van der Waals surface area (Å²) in [6.45, 7) is 5.66. The standard InChI is InChI=1S/C14H16N2O2/c1-8-4-5-18-13(8)14(17)16-12-9(2)6-11(15)7-10(12)3/h4-7H,15H2,1-3H3,(H,16,17). The lowest BCUT2D eigenvalue weighted by atomic mass is 10.1. The van der Waals surface area contributed by atoms with Crippen LogP contribution in [0.4, 0.5) is 11.4 Å². The molecule has 0 aliphatic heterocycles. The van der Waals surface area contributed by atoms with Gasteiger partial charge in [-0.3, -0.25) is 4.79 Å². The number of nitrogens with two attached hydrogens (primary N) is 1. The highest BCUT2D eigenvalue weighted by Gasteiger charge is 2.15. The first-order valence-electron chi connectivity index (χ1n) is 5.71. The van der Waals surface area contributed by atoms with Gasteiger partial charge >= 0.3 is 0 Å². The molecule has 0 fully saturated rings. The van der Waals surface area contributed by atoms with Crippen molar-refractivity contribution >= 4 is 17.3 Å². The summed E-state index contributed by atoms with van der Waals surface area (Å²) >= 11 is 0. The van der Waals surface area contributed by atoms with Crippen LogP contribution >= 0.6 is 0 Å². The van der Waals surface area contributed by atoms with E-state index in [0.717, 1.165) is 22.4 Å². The van der Waals surface area contributed by atoms with Crippen LogP contribution in [-0.2, 0) is 0 Å². The van der Waals surface area contributed by atoms with Crippen LogP contribution < -0.4 is 11.1 Å². The van der Waals surface area contributed by atoms with E-state index in [9.17, 15) is 4.79 Å². The topological polar surface area (TPSA) is 68.3 Å². The van der Waals surface area contributed by atoms with Gasteiger partial charge in [0, 0.05) is 16.9 Å². The van der Waals surface area contributed by atoms with Gasteiger partial charge in [-0.1, -0.05) is 0 Å². The summed E-state index contributed by atoms with van der Waals surface area (Å²) in [6.07, 6.45) is 1.51. The Bertz CT molecular complexity index is 577. The van der Waals surface area contributed by atoms with Gasteiger partial charge in [0.15, 0.2) is 5.76 Å². The van der Waals surface area contributed by atoms with E-state index in [4.69, 9.17) is 10.2 Å². The Morgan fingerprint density at radius 3 is 2.28 bits per heavy atom. The van der Waals surface area contributed by atoms with Crippen LogP contribution in [-0.4, -0.2) is 5.91 Å². The highest BCUT2D eigenvalue weighted by atomic mass is 16.3. The Morgan fingerprint density at radius 2 is 1.78 bits per heavy atom. The maximum atomic E-state index is 12.0. The zero-order chi connectivity index (χ0) is 13.3. The summed E-state index contributed by atoms with van der Waals surface area (Å²) in [5.74, 6) is 0.0964. The molecule has 0 saturated carbocycles. The Hall–Kier alpha value is -2.23. The van der Waals surface area contributed by atoms with Gasteiger partial charge in [-0.05, 0) is 50.1 Å². The molecule has 18 heavy (non-hydrogen) atoms. The molecule has 0 bridgehead atoms. The van der Waals surface area contributed by atoms with Gasteiger partial charge in [0.05, 0.1) is 6.26 Å². The second-order valence-electron chi connectivity index (χ2n) is 4.42. The van der Waals surface area contributed by atoms with Crippen LogP contribution in [0.15, 0.2) is 28.9 Å². The van der Waals surface area contributed by atoms with Gasteiger partial charge in [0.1, 0.15) is 0 Å². The fourth-order valence-corrected chi connectivity index (χ4v) is 1.97. The minimum atomic E-state index is -0.242. The summed E-state index contributed by atoms with van der Waals surface area (Å²) < 4.78 is 5.17. The van der Waals surface area contributed by atoms with Gasteiger partial charge < -0.3 is 15.5 Å². The second-order valence-corrected chi connectivity index (χ2v) is 4.42. The van der Waals surface area contributed by atoms with Crippen LogP contribution in [0.1, 0.15) is 27.2 Å². The van der Waals surface area contributed by atoms with Gasteiger partial charge in [0.25, 0.3) is 5.91 Å². The molecule has 2 aromatic rings. The minimum absolute atomic E-state index is 0.242. The highest BCUT2D eigenvalue weighted by Crippen LogP contribution is 2.24. The van der Waals surface area contributed by atoms with E-state index in [0.29, 0.717) is 11.4 Å². The number of anilines is 2. The molecule has 0 radical (unpaired) electrons. The molecule has 1 aromatic carbocycles. The number of aryl methyl sites for hydroxylation is 3. The largest absolute Gasteiger partial charge is 0.459 e. The maximum absolute atomic E-state index is 12.0. The molecule has 1 aromatic heterocycles. The summed E-state index contributed by atoms with van der Waals surface area (Å²) in [5, 5.41) is 2.86. The molecule has 1 amide bonds. The molecule has 1 heterocycles. The lowest BCUT2D eigenvalue weighted by Crippen LogP contribution is -2.14. The van der Waals surface area contributed by atoms with Crippen molar-refractivity contribution in [2.45, 2.75) is 20.8 Å². The summed E-state index contributed by atoms with van der Waals surface area (Å²) in [7, 11) is 0. The molecule has 0 aliphatic carbocycles. The Labute approximate surface area is 106 Å². The number of benzene rings is 1. The molecule has 4 nitrogen and oxygen atoms in total. The van der Waals surface area contributed by atoms with Crippen molar-refractivity contribution in [2.75, 3.05) is 11.1 Å². The fraction of sp³-hybridized carbons (Fsp3) is 0.214. The van der Waals surface area contributed by atoms with Crippen LogP contribution in [0, 0.1) is 20.8 Å². The molecule has 94 valence electrons. The van der Waals surface area contributed by atoms with Crippen molar-refractivity contribution in [1.29, 1.82) is 0 Å². The van der Waals surface area contributed by atoms with Crippen LogP contribution in [0.3, 0.4) is 0 Å². The Balaban J connectivity index is 2.31. The van der Waals surface area contributed by atoms with Crippen LogP contribution in [0.2, 0.25) is 0 Å². The van der Waals surface area contributed by atoms with E-state index in [1.165, 1.54) is 6.26 Å². The molecular formula is C14H16N2O2. The smallest absolute Gasteiger partial charge is 0.291 e. The highest BCUT2D eigenvalue weighted by molar-refractivity contribution is 6.04. The monoisotopic (exact) mass is 244 g/mol. The summed E-state index contributed by atoms with van der Waals surface area (Å²) in [4.78, 5) is 12.0. The molecule has 3 N–H and O–H groups in total. The number of carbonyl (C=O) groups excluding carboxylic acids is 1. The quantitative estimate of drug-likeness (QED) is 0.798. The van der Waals surface area contributed by atoms with Gasteiger partial charge in [-0.15, -0.1) is 0 Å².